The Hall–Kier alpha value is -0.160. The summed E-state index contributed by atoms with van der Waals surface area (Å²) in [6.07, 6.45) is 7.24. The van der Waals surface area contributed by atoms with Crippen molar-refractivity contribution in [3.63, 3.8) is 0 Å². The Bertz CT molecular complexity index is 295. The summed E-state index contributed by atoms with van der Waals surface area (Å²) in [7, 11) is 0. The summed E-state index contributed by atoms with van der Waals surface area (Å²) < 4.78 is 0. The van der Waals surface area contributed by atoms with Crippen molar-refractivity contribution in [3.05, 3.63) is 0 Å². The Labute approximate surface area is 124 Å². The molecule has 0 aromatic heterocycles. The second-order valence-corrected chi connectivity index (χ2v) is 7.15. The van der Waals surface area contributed by atoms with Gasteiger partial charge in [-0.25, -0.2) is 0 Å². The fourth-order valence-electron chi connectivity index (χ4n) is 3.65. The highest BCUT2D eigenvalue weighted by atomic mass is 16.3. The van der Waals surface area contributed by atoms with E-state index in [9.17, 15) is 5.11 Å². The van der Waals surface area contributed by atoms with Crippen molar-refractivity contribution in [1.82, 2.24) is 9.80 Å². The first-order chi connectivity index (χ1) is 9.52. The molecule has 4 nitrogen and oxygen atoms in total. The van der Waals surface area contributed by atoms with Crippen LogP contribution in [0.15, 0.2) is 0 Å². The number of hydrogen-bond donors (Lipinski definition) is 2. The van der Waals surface area contributed by atoms with Gasteiger partial charge in [0.1, 0.15) is 0 Å². The lowest BCUT2D eigenvalue weighted by molar-refractivity contribution is 0.0126. The van der Waals surface area contributed by atoms with Crippen LogP contribution in [-0.2, 0) is 0 Å². The van der Waals surface area contributed by atoms with Crippen molar-refractivity contribution in [2.24, 2.45) is 5.73 Å². The fraction of sp³-hybridized carbons (Fsp3) is 1.00. The van der Waals surface area contributed by atoms with Crippen LogP contribution in [0.2, 0.25) is 0 Å². The van der Waals surface area contributed by atoms with E-state index in [4.69, 9.17) is 5.73 Å². The SMILES string of the molecule is CC1CN2CCCCC2CN1CCCCC(C)(O)CN. The number of unbranched alkanes of at least 4 members (excludes halogenated alkanes) is 1. The number of hydrogen-bond acceptors (Lipinski definition) is 4. The molecule has 118 valence electrons. The van der Waals surface area contributed by atoms with Crippen LogP contribution in [0.1, 0.15) is 52.4 Å². The summed E-state index contributed by atoms with van der Waals surface area (Å²) in [6.45, 7) is 9.54. The number of nitrogens with two attached hydrogens (primary N) is 1. The largest absolute Gasteiger partial charge is 0.389 e. The van der Waals surface area contributed by atoms with Crippen molar-refractivity contribution in [2.45, 2.75) is 70.1 Å². The molecule has 2 aliphatic rings. The lowest BCUT2D eigenvalue weighted by atomic mass is 9.96. The number of piperazine rings is 1. The van der Waals surface area contributed by atoms with Gasteiger partial charge in [0.2, 0.25) is 0 Å². The van der Waals surface area contributed by atoms with Crippen molar-refractivity contribution in [3.8, 4) is 0 Å². The van der Waals surface area contributed by atoms with Crippen LogP contribution in [0.3, 0.4) is 0 Å². The molecule has 3 atom stereocenters. The molecule has 2 saturated heterocycles. The van der Waals surface area contributed by atoms with E-state index < -0.39 is 5.60 Å². The van der Waals surface area contributed by atoms with E-state index in [0.29, 0.717) is 12.6 Å². The maximum atomic E-state index is 9.92. The van der Waals surface area contributed by atoms with Gasteiger partial charge in [0.05, 0.1) is 5.60 Å². The lowest BCUT2D eigenvalue weighted by Crippen LogP contribution is -2.58. The Morgan fingerprint density at radius 3 is 2.80 bits per heavy atom. The lowest BCUT2D eigenvalue weighted by Gasteiger charge is -2.47. The summed E-state index contributed by atoms with van der Waals surface area (Å²) in [5.74, 6) is 0. The molecule has 3 N–H and O–H groups in total. The molecule has 2 heterocycles. The highest BCUT2D eigenvalue weighted by molar-refractivity contribution is 4.89. The zero-order valence-electron chi connectivity index (χ0n) is 13.4. The van der Waals surface area contributed by atoms with Crippen molar-refractivity contribution in [1.29, 1.82) is 0 Å². The Morgan fingerprint density at radius 2 is 2.05 bits per heavy atom. The van der Waals surface area contributed by atoms with E-state index in [1.165, 1.54) is 51.9 Å². The smallest absolute Gasteiger partial charge is 0.0741 e. The van der Waals surface area contributed by atoms with Gasteiger partial charge in [-0.3, -0.25) is 9.80 Å². The second-order valence-electron chi connectivity index (χ2n) is 7.15. The fourth-order valence-corrected chi connectivity index (χ4v) is 3.65. The van der Waals surface area contributed by atoms with Crippen LogP contribution in [0.5, 0.6) is 0 Å². The van der Waals surface area contributed by atoms with Crippen LogP contribution in [0.25, 0.3) is 0 Å². The van der Waals surface area contributed by atoms with Crippen molar-refractivity contribution in [2.75, 3.05) is 32.7 Å². The first kappa shape index (κ1) is 16.2. The van der Waals surface area contributed by atoms with Gasteiger partial charge < -0.3 is 10.8 Å². The van der Waals surface area contributed by atoms with Gasteiger partial charge in [-0.05, 0) is 59.0 Å². The average Bonchev–Trinajstić information content (AvgIpc) is 2.44. The second kappa shape index (κ2) is 7.21. The number of nitrogens with zero attached hydrogens (tertiary/aromatic N) is 2. The van der Waals surface area contributed by atoms with Gasteiger partial charge in [-0.2, -0.15) is 0 Å². The third-order valence-corrected chi connectivity index (χ3v) is 5.17. The standard InChI is InChI=1S/C16H33N3O/c1-14-11-19-10-5-3-7-15(19)12-18(14)9-6-4-8-16(2,20)13-17/h14-15,20H,3-13,17H2,1-2H3. The molecule has 0 aromatic carbocycles. The van der Waals surface area contributed by atoms with Gasteiger partial charge in [-0.1, -0.05) is 6.42 Å². The Balaban J connectivity index is 1.70. The monoisotopic (exact) mass is 283 g/mol. The highest BCUT2D eigenvalue weighted by Crippen LogP contribution is 2.24. The zero-order valence-corrected chi connectivity index (χ0v) is 13.4. The van der Waals surface area contributed by atoms with Crippen LogP contribution in [0.4, 0.5) is 0 Å². The van der Waals surface area contributed by atoms with Crippen LogP contribution < -0.4 is 5.73 Å². The molecule has 2 rings (SSSR count). The number of piperidine rings is 1. The summed E-state index contributed by atoms with van der Waals surface area (Å²) in [5.41, 5.74) is 4.89. The third kappa shape index (κ3) is 4.42. The average molecular weight is 283 g/mol. The molecule has 0 spiro atoms. The number of rotatable bonds is 6. The maximum Gasteiger partial charge on any atom is 0.0741 e. The van der Waals surface area contributed by atoms with E-state index >= 15 is 0 Å². The van der Waals surface area contributed by atoms with Gasteiger partial charge >= 0.3 is 0 Å². The minimum atomic E-state index is -0.673. The van der Waals surface area contributed by atoms with Gasteiger partial charge in [0.25, 0.3) is 0 Å². The molecule has 0 amide bonds. The summed E-state index contributed by atoms with van der Waals surface area (Å²) in [6, 6.07) is 1.48. The molecular formula is C16H33N3O. The third-order valence-electron chi connectivity index (χ3n) is 5.17. The molecule has 3 unspecified atom stereocenters. The molecule has 0 bridgehead atoms. The van der Waals surface area contributed by atoms with E-state index in [0.717, 1.165) is 18.9 Å². The topological polar surface area (TPSA) is 52.7 Å². The number of aliphatic hydroxyl groups is 1. The molecule has 0 aliphatic carbocycles. The Kier molecular flexibility index (Phi) is 5.84. The molecule has 2 aliphatic heterocycles. The zero-order chi connectivity index (χ0) is 14.6. The summed E-state index contributed by atoms with van der Waals surface area (Å²) in [5, 5.41) is 9.92. The van der Waals surface area contributed by atoms with Crippen LogP contribution in [0, 0.1) is 0 Å². The molecule has 2 fully saturated rings. The van der Waals surface area contributed by atoms with Crippen LogP contribution in [-0.4, -0.2) is 65.3 Å². The normalized spacial score (nSPS) is 31.8. The minimum absolute atomic E-state index is 0.365. The minimum Gasteiger partial charge on any atom is -0.389 e. The highest BCUT2D eigenvalue weighted by Gasteiger charge is 2.32. The van der Waals surface area contributed by atoms with Crippen LogP contribution >= 0.6 is 0 Å². The predicted octanol–water partition coefficient (Wildman–Crippen LogP) is 1.43. The first-order valence-electron chi connectivity index (χ1n) is 8.42. The number of fused-ring (bicyclic) bond motifs is 1. The van der Waals surface area contributed by atoms with Gasteiger partial charge in [0.15, 0.2) is 0 Å². The molecular weight excluding hydrogens is 250 g/mol. The van der Waals surface area contributed by atoms with Crippen molar-refractivity contribution < 1.29 is 5.11 Å². The molecule has 0 saturated carbocycles. The molecule has 0 radical (unpaired) electrons. The van der Waals surface area contributed by atoms with Gasteiger partial charge in [0, 0.05) is 31.7 Å². The quantitative estimate of drug-likeness (QED) is 0.724. The molecule has 4 heteroatoms. The van der Waals surface area contributed by atoms with Crippen molar-refractivity contribution >= 4 is 0 Å². The molecule has 0 aromatic rings. The van der Waals surface area contributed by atoms with Gasteiger partial charge in [-0.15, -0.1) is 0 Å². The maximum absolute atomic E-state index is 9.92. The first-order valence-corrected chi connectivity index (χ1v) is 8.42. The van der Waals surface area contributed by atoms with E-state index in [1.54, 1.807) is 0 Å². The molecule has 20 heavy (non-hydrogen) atoms. The van der Waals surface area contributed by atoms with E-state index in [2.05, 4.69) is 16.7 Å². The Morgan fingerprint density at radius 1 is 1.25 bits per heavy atom. The summed E-state index contributed by atoms with van der Waals surface area (Å²) >= 11 is 0. The predicted molar refractivity (Wildman–Crippen MR) is 83.8 cm³/mol. The van der Waals surface area contributed by atoms with E-state index in [-0.39, 0.29) is 0 Å². The summed E-state index contributed by atoms with van der Waals surface area (Å²) in [4.78, 5) is 5.35. The van der Waals surface area contributed by atoms with E-state index in [1.807, 2.05) is 6.92 Å².